The number of thiophene rings is 1. The van der Waals surface area contributed by atoms with E-state index in [9.17, 15) is 14.4 Å². The summed E-state index contributed by atoms with van der Waals surface area (Å²) in [6, 6.07) is 10.4. The van der Waals surface area contributed by atoms with E-state index in [0.29, 0.717) is 37.2 Å². The molecule has 25 heavy (non-hydrogen) atoms. The van der Waals surface area contributed by atoms with Crippen LogP contribution in [0.5, 0.6) is 0 Å². The summed E-state index contributed by atoms with van der Waals surface area (Å²) in [5.74, 6) is -0.884. The standard InChI is InChI=1S/C18H19N3O3S/c19-16(22)13-4-1-2-5-14(13)20-17(23)12-7-9-21(10-8-12)18(24)15-6-3-11-25-15/h1-6,11-12H,7-10H2,(H2,19,22)(H,20,23). The number of hydrogen-bond donors (Lipinski definition) is 2. The van der Waals surface area contributed by atoms with Gasteiger partial charge in [-0.1, -0.05) is 18.2 Å². The average molecular weight is 357 g/mol. The number of primary amides is 1. The molecule has 1 aromatic heterocycles. The zero-order valence-corrected chi connectivity index (χ0v) is 14.4. The first-order valence-electron chi connectivity index (χ1n) is 8.08. The zero-order chi connectivity index (χ0) is 17.8. The van der Waals surface area contributed by atoms with Crippen LogP contribution in [0.25, 0.3) is 0 Å². The molecular weight excluding hydrogens is 338 g/mol. The summed E-state index contributed by atoms with van der Waals surface area (Å²) in [5.41, 5.74) is 6.05. The Morgan fingerprint density at radius 2 is 1.80 bits per heavy atom. The van der Waals surface area contributed by atoms with E-state index < -0.39 is 5.91 Å². The first-order valence-corrected chi connectivity index (χ1v) is 8.96. The number of nitrogens with zero attached hydrogens (tertiary/aromatic N) is 1. The Morgan fingerprint density at radius 1 is 1.08 bits per heavy atom. The number of likely N-dealkylation sites (tertiary alicyclic amines) is 1. The first kappa shape index (κ1) is 17.2. The summed E-state index contributed by atoms with van der Waals surface area (Å²) in [4.78, 5) is 38.8. The van der Waals surface area contributed by atoms with Crippen LogP contribution >= 0.6 is 11.3 Å². The highest BCUT2D eigenvalue weighted by atomic mass is 32.1. The van der Waals surface area contributed by atoms with E-state index in [-0.39, 0.29) is 17.7 Å². The molecule has 2 aromatic rings. The zero-order valence-electron chi connectivity index (χ0n) is 13.6. The SMILES string of the molecule is NC(=O)c1ccccc1NC(=O)C1CCN(C(=O)c2cccs2)CC1. The van der Waals surface area contributed by atoms with Gasteiger partial charge in [-0.3, -0.25) is 14.4 Å². The Balaban J connectivity index is 1.59. The number of nitrogens with one attached hydrogen (secondary N) is 1. The number of piperidine rings is 1. The Morgan fingerprint density at radius 3 is 2.44 bits per heavy atom. The van der Waals surface area contributed by atoms with Crippen LogP contribution in [0.4, 0.5) is 5.69 Å². The summed E-state index contributed by atoms with van der Waals surface area (Å²) in [5, 5.41) is 4.67. The Bertz CT molecular complexity index is 781. The molecule has 0 atom stereocenters. The molecule has 3 rings (SSSR count). The van der Waals surface area contributed by atoms with Crippen molar-refractivity contribution >= 4 is 34.7 Å². The third-order valence-corrected chi connectivity index (χ3v) is 5.19. The largest absolute Gasteiger partial charge is 0.366 e. The maximum atomic E-state index is 12.5. The van der Waals surface area contributed by atoms with Crippen molar-refractivity contribution in [1.82, 2.24) is 4.90 Å². The molecule has 130 valence electrons. The van der Waals surface area contributed by atoms with E-state index in [1.165, 1.54) is 11.3 Å². The van der Waals surface area contributed by atoms with Crippen LogP contribution in [0.1, 0.15) is 32.9 Å². The number of carbonyl (C=O) groups excluding carboxylic acids is 3. The van der Waals surface area contributed by atoms with E-state index in [0.717, 1.165) is 4.88 Å². The quantitative estimate of drug-likeness (QED) is 0.879. The molecular formula is C18H19N3O3S. The Hall–Kier alpha value is -2.67. The Kier molecular flexibility index (Phi) is 5.14. The van der Waals surface area contributed by atoms with Crippen LogP contribution in [0.3, 0.4) is 0 Å². The van der Waals surface area contributed by atoms with Gasteiger partial charge in [-0.05, 0) is 36.4 Å². The molecule has 1 saturated heterocycles. The van der Waals surface area contributed by atoms with E-state index in [1.807, 2.05) is 17.5 Å². The van der Waals surface area contributed by atoms with Gasteiger partial charge in [0.2, 0.25) is 5.91 Å². The van der Waals surface area contributed by atoms with Crippen molar-refractivity contribution in [2.45, 2.75) is 12.8 Å². The van der Waals surface area contributed by atoms with Gasteiger partial charge < -0.3 is 16.0 Å². The van der Waals surface area contributed by atoms with Gasteiger partial charge in [0.15, 0.2) is 0 Å². The lowest BCUT2D eigenvalue weighted by Crippen LogP contribution is -2.41. The summed E-state index contributed by atoms with van der Waals surface area (Å²) in [7, 11) is 0. The van der Waals surface area contributed by atoms with Crippen molar-refractivity contribution in [2.24, 2.45) is 11.7 Å². The minimum Gasteiger partial charge on any atom is -0.366 e. The number of nitrogens with two attached hydrogens (primary N) is 1. The molecule has 0 saturated carbocycles. The van der Waals surface area contributed by atoms with E-state index in [4.69, 9.17) is 5.73 Å². The molecule has 1 aromatic carbocycles. The third-order valence-electron chi connectivity index (χ3n) is 4.34. The van der Waals surface area contributed by atoms with Crippen LogP contribution < -0.4 is 11.1 Å². The maximum absolute atomic E-state index is 12.5. The number of rotatable bonds is 4. The second-order valence-corrected chi connectivity index (χ2v) is 6.89. The Labute approximate surface area is 149 Å². The van der Waals surface area contributed by atoms with Crippen molar-refractivity contribution in [3.05, 3.63) is 52.2 Å². The molecule has 3 amide bonds. The van der Waals surface area contributed by atoms with Crippen LogP contribution in [0.2, 0.25) is 0 Å². The summed E-state index contributed by atoms with van der Waals surface area (Å²) >= 11 is 1.42. The molecule has 6 nitrogen and oxygen atoms in total. The highest BCUT2D eigenvalue weighted by Crippen LogP contribution is 2.23. The highest BCUT2D eigenvalue weighted by Gasteiger charge is 2.28. The number of hydrogen-bond acceptors (Lipinski definition) is 4. The molecule has 1 aliphatic heterocycles. The number of carbonyl (C=O) groups is 3. The molecule has 1 fully saturated rings. The van der Waals surface area contributed by atoms with Gasteiger partial charge in [-0.25, -0.2) is 0 Å². The topological polar surface area (TPSA) is 92.5 Å². The lowest BCUT2D eigenvalue weighted by molar-refractivity contribution is -0.121. The molecule has 3 N–H and O–H groups in total. The van der Waals surface area contributed by atoms with Crippen molar-refractivity contribution in [3.63, 3.8) is 0 Å². The summed E-state index contributed by atoms with van der Waals surface area (Å²) < 4.78 is 0. The fourth-order valence-corrected chi connectivity index (χ4v) is 3.63. The summed E-state index contributed by atoms with van der Waals surface area (Å²) in [6.07, 6.45) is 1.20. The van der Waals surface area contributed by atoms with Gasteiger partial charge in [-0.15, -0.1) is 11.3 Å². The first-order chi connectivity index (χ1) is 12.1. The maximum Gasteiger partial charge on any atom is 0.263 e. The predicted molar refractivity (Wildman–Crippen MR) is 96.5 cm³/mol. The van der Waals surface area contributed by atoms with Gasteiger partial charge in [0.25, 0.3) is 11.8 Å². The molecule has 0 bridgehead atoms. The van der Waals surface area contributed by atoms with Gasteiger partial charge in [0, 0.05) is 19.0 Å². The normalized spacial score (nSPS) is 15.0. The van der Waals surface area contributed by atoms with Crippen molar-refractivity contribution in [3.8, 4) is 0 Å². The fraction of sp³-hybridized carbons (Fsp3) is 0.278. The monoisotopic (exact) mass is 357 g/mol. The molecule has 2 heterocycles. The van der Waals surface area contributed by atoms with E-state index in [1.54, 1.807) is 29.2 Å². The second kappa shape index (κ2) is 7.48. The molecule has 1 aliphatic rings. The third kappa shape index (κ3) is 3.88. The summed E-state index contributed by atoms with van der Waals surface area (Å²) in [6.45, 7) is 1.10. The minimum absolute atomic E-state index is 0.0212. The van der Waals surface area contributed by atoms with E-state index in [2.05, 4.69) is 5.32 Å². The van der Waals surface area contributed by atoms with Gasteiger partial charge in [0.1, 0.15) is 0 Å². The smallest absolute Gasteiger partial charge is 0.263 e. The number of benzene rings is 1. The number of para-hydroxylation sites is 1. The van der Waals surface area contributed by atoms with Crippen molar-refractivity contribution < 1.29 is 14.4 Å². The van der Waals surface area contributed by atoms with Crippen LogP contribution in [0, 0.1) is 5.92 Å². The van der Waals surface area contributed by atoms with E-state index >= 15 is 0 Å². The van der Waals surface area contributed by atoms with Crippen LogP contribution in [0.15, 0.2) is 41.8 Å². The average Bonchev–Trinajstić information content (AvgIpc) is 3.16. The molecule has 7 heteroatoms. The van der Waals surface area contributed by atoms with Crippen molar-refractivity contribution in [2.75, 3.05) is 18.4 Å². The molecule has 0 spiro atoms. The molecule has 0 aliphatic carbocycles. The minimum atomic E-state index is -0.577. The molecule has 0 unspecified atom stereocenters. The molecule has 0 radical (unpaired) electrons. The van der Waals surface area contributed by atoms with Crippen LogP contribution in [-0.4, -0.2) is 35.7 Å². The van der Waals surface area contributed by atoms with Crippen LogP contribution in [-0.2, 0) is 4.79 Å². The van der Waals surface area contributed by atoms with Gasteiger partial charge in [-0.2, -0.15) is 0 Å². The number of amides is 3. The lowest BCUT2D eigenvalue weighted by Gasteiger charge is -2.31. The number of anilines is 1. The second-order valence-electron chi connectivity index (χ2n) is 5.94. The van der Waals surface area contributed by atoms with Gasteiger partial charge >= 0.3 is 0 Å². The highest BCUT2D eigenvalue weighted by molar-refractivity contribution is 7.12. The van der Waals surface area contributed by atoms with Crippen molar-refractivity contribution in [1.29, 1.82) is 0 Å². The lowest BCUT2D eigenvalue weighted by atomic mass is 9.95. The van der Waals surface area contributed by atoms with Gasteiger partial charge in [0.05, 0.1) is 16.1 Å². The fourth-order valence-electron chi connectivity index (χ4n) is 2.94. The predicted octanol–water partition coefficient (Wildman–Crippen LogP) is 2.34.